The van der Waals surface area contributed by atoms with Crippen LogP contribution in [0.15, 0.2) is 23.0 Å². The molecule has 4 rings (SSSR count). The first-order chi connectivity index (χ1) is 10.2. The van der Waals surface area contributed by atoms with E-state index in [9.17, 15) is 4.79 Å². The summed E-state index contributed by atoms with van der Waals surface area (Å²) in [6.45, 7) is 3.93. The molecule has 1 unspecified atom stereocenters. The predicted octanol–water partition coefficient (Wildman–Crippen LogP) is 2.18. The molecule has 1 saturated heterocycles. The summed E-state index contributed by atoms with van der Waals surface area (Å²) in [5.41, 5.74) is 3.74. The fourth-order valence-electron chi connectivity index (χ4n) is 3.29. The third kappa shape index (κ3) is 2.05. The average Bonchev–Trinajstić information content (AvgIpc) is 2.86. The Hall–Kier alpha value is -2.14. The van der Waals surface area contributed by atoms with Crippen LogP contribution in [0.2, 0.25) is 0 Å². The van der Waals surface area contributed by atoms with Gasteiger partial charge >= 0.3 is 0 Å². The first-order valence-electron chi connectivity index (χ1n) is 7.45. The Morgan fingerprint density at radius 2 is 2.14 bits per heavy atom. The fourth-order valence-corrected chi connectivity index (χ4v) is 3.29. The topological polar surface area (TPSA) is 73.6 Å². The van der Waals surface area contributed by atoms with Gasteiger partial charge < -0.3 is 10.3 Å². The monoisotopic (exact) mass is 282 g/mol. The zero-order chi connectivity index (χ0) is 14.4. The molecule has 1 aliphatic heterocycles. The molecule has 3 aromatic rings. The lowest BCUT2D eigenvalue weighted by Crippen LogP contribution is -2.31. The smallest absolute Gasteiger partial charge is 0.251 e. The highest BCUT2D eigenvalue weighted by Crippen LogP contribution is 2.26. The number of benzene rings is 1. The van der Waals surface area contributed by atoms with Gasteiger partial charge in [0.05, 0.1) is 16.7 Å². The van der Waals surface area contributed by atoms with E-state index < -0.39 is 0 Å². The maximum absolute atomic E-state index is 12.4. The number of pyridine rings is 1. The molecule has 2 aromatic heterocycles. The van der Waals surface area contributed by atoms with Crippen molar-refractivity contribution in [2.24, 2.45) is 0 Å². The van der Waals surface area contributed by atoms with Gasteiger partial charge in [-0.15, -0.1) is 0 Å². The molecule has 3 heterocycles. The summed E-state index contributed by atoms with van der Waals surface area (Å²) in [6, 6.07) is 6.13. The Morgan fingerprint density at radius 3 is 2.95 bits per heavy atom. The van der Waals surface area contributed by atoms with Gasteiger partial charge in [-0.25, -0.2) is 0 Å². The lowest BCUT2D eigenvalue weighted by molar-refractivity contribution is 0.459. The Balaban J connectivity index is 1.92. The highest BCUT2D eigenvalue weighted by Gasteiger charge is 2.18. The van der Waals surface area contributed by atoms with Crippen molar-refractivity contribution >= 4 is 21.8 Å². The number of rotatable bonds is 1. The Bertz CT molecular complexity index is 871. The second kappa shape index (κ2) is 4.70. The molecule has 1 fully saturated rings. The first kappa shape index (κ1) is 12.6. The van der Waals surface area contributed by atoms with Gasteiger partial charge in [-0.1, -0.05) is 0 Å². The molecule has 1 atom stereocenters. The molecule has 3 N–H and O–H groups in total. The van der Waals surface area contributed by atoms with E-state index in [2.05, 4.69) is 32.6 Å². The molecule has 5 heteroatoms. The van der Waals surface area contributed by atoms with E-state index in [1.165, 1.54) is 0 Å². The van der Waals surface area contributed by atoms with Crippen molar-refractivity contribution in [1.29, 1.82) is 0 Å². The van der Waals surface area contributed by atoms with E-state index in [1.54, 1.807) is 0 Å². The summed E-state index contributed by atoms with van der Waals surface area (Å²) < 4.78 is 0. The van der Waals surface area contributed by atoms with E-state index in [0.717, 1.165) is 59.0 Å². The highest BCUT2D eigenvalue weighted by molar-refractivity contribution is 5.95. The highest BCUT2D eigenvalue weighted by atomic mass is 16.1. The standard InChI is InChI=1S/C16H18N4O/c1-9-12-5-11-6-13(10-3-2-4-17-8-10)16(21)18-14(11)7-15(12)20-19-9/h5-7,10,17H,2-4,8H2,1H3,(H,18,21)(H,19,20). The number of aryl methyl sites for hydroxylation is 1. The first-order valence-corrected chi connectivity index (χ1v) is 7.45. The quantitative estimate of drug-likeness (QED) is 0.640. The summed E-state index contributed by atoms with van der Waals surface area (Å²) in [4.78, 5) is 15.4. The van der Waals surface area contributed by atoms with Crippen LogP contribution in [0.5, 0.6) is 0 Å². The van der Waals surface area contributed by atoms with Crippen molar-refractivity contribution in [3.8, 4) is 0 Å². The molecule has 108 valence electrons. The number of fused-ring (bicyclic) bond motifs is 2. The van der Waals surface area contributed by atoms with Crippen molar-refractivity contribution in [2.75, 3.05) is 13.1 Å². The van der Waals surface area contributed by atoms with E-state index in [1.807, 2.05) is 13.0 Å². The Labute approximate surface area is 121 Å². The van der Waals surface area contributed by atoms with Gasteiger partial charge in [0.15, 0.2) is 0 Å². The molecule has 21 heavy (non-hydrogen) atoms. The lowest BCUT2D eigenvalue weighted by atomic mass is 9.91. The van der Waals surface area contributed by atoms with Gasteiger partial charge in [0.2, 0.25) is 0 Å². The zero-order valence-electron chi connectivity index (χ0n) is 12.0. The van der Waals surface area contributed by atoms with Crippen molar-refractivity contribution in [1.82, 2.24) is 20.5 Å². The van der Waals surface area contributed by atoms with Crippen LogP contribution in [0.1, 0.15) is 30.0 Å². The van der Waals surface area contributed by atoms with Gasteiger partial charge in [-0.3, -0.25) is 9.89 Å². The summed E-state index contributed by atoms with van der Waals surface area (Å²) in [7, 11) is 0. The minimum absolute atomic E-state index is 0.0341. The number of nitrogens with zero attached hydrogens (tertiary/aromatic N) is 1. The Kier molecular flexibility index (Phi) is 2.82. The lowest BCUT2D eigenvalue weighted by Gasteiger charge is -2.22. The molecule has 1 aliphatic rings. The third-order valence-electron chi connectivity index (χ3n) is 4.48. The van der Waals surface area contributed by atoms with Crippen LogP contribution in [-0.4, -0.2) is 28.3 Å². The number of hydrogen-bond acceptors (Lipinski definition) is 3. The minimum Gasteiger partial charge on any atom is -0.322 e. The largest absolute Gasteiger partial charge is 0.322 e. The summed E-state index contributed by atoms with van der Waals surface area (Å²) in [6.07, 6.45) is 2.20. The number of hydrogen-bond donors (Lipinski definition) is 3. The van der Waals surface area contributed by atoms with Crippen LogP contribution in [-0.2, 0) is 0 Å². The van der Waals surface area contributed by atoms with E-state index in [4.69, 9.17) is 0 Å². The number of aromatic amines is 2. The van der Waals surface area contributed by atoms with Crippen LogP contribution in [0, 0.1) is 6.92 Å². The summed E-state index contributed by atoms with van der Waals surface area (Å²) >= 11 is 0. The minimum atomic E-state index is 0.0341. The van der Waals surface area contributed by atoms with Crippen molar-refractivity contribution in [2.45, 2.75) is 25.7 Å². The van der Waals surface area contributed by atoms with Crippen LogP contribution in [0.3, 0.4) is 0 Å². The number of H-pyrrole nitrogens is 2. The van der Waals surface area contributed by atoms with Gasteiger partial charge in [-0.2, -0.15) is 5.10 Å². The number of nitrogens with one attached hydrogen (secondary N) is 3. The second-order valence-electron chi connectivity index (χ2n) is 5.89. The van der Waals surface area contributed by atoms with Gasteiger partial charge in [0, 0.05) is 23.4 Å². The average molecular weight is 282 g/mol. The molecular weight excluding hydrogens is 264 g/mol. The Morgan fingerprint density at radius 1 is 1.24 bits per heavy atom. The van der Waals surface area contributed by atoms with E-state index in [0.29, 0.717) is 5.92 Å². The van der Waals surface area contributed by atoms with E-state index >= 15 is 0 Å². The number of piperidine rings is 1. The normalized spacial score (nSPS) is 19.4. The fraction of sp³-hybridized carbons (Fsp3) is 0.375. The van der Waals surface area contributed by atoms with Crippen LogP contribution in [0.4, 0.5) is 0 Å². The third-order valence-corrected chi connectivity index (χ3v) is 4.48. The molecule has 0 saturated carbocycles. The molecule has 0 radical (unpaired) electrons. The van der Waals surface area contributed by atoms with Gasteiger partial charge in [-0.05, 0) is 49.9 Å². The predicted molar refractivity (Wildman–Crippen MR) is 83.8 cm³/mol. The zero-order valence-corrected chi connectivity index (χ0v) is 12.0. The van der Waals surface area contributed by atoms with Crippen molar-refractivity contribution in [3.05, 3.63) is 39.8 Å². The molecule has 0 bridgehead atoms. The van der Waals surface area contributed by atoms with Gasteiger partial charge in [0.1, 0.15) is 0 Å². The molecule has 5 nitrogen and oxygen atoms in total. The molecule has 0 aliphatic carbocycles. The summed E-state index contributed by atoms with van der Waals surface area (Å²) in [5, 5.41) is 12.8. The molecule has 0 amide bonds. The summed E-state index contributed by atoms with van der Waals surface area (Å²) in [5.74, 6) is 0.313. The van der Waals surface area contributed by atoms with Gasteiger partial charge in [0.25, 0.3) is 5.56 Å². The maximum atomic E-state index is 12.4. The van der Waals surface area contributed by atoms with Crippen molar-refractivity contribution < 1.29 is 0 Å². The maximum Gasteiger partial charge on any atom is 0.251 e. The molecule has 1 aromatic carbocycles. The number of aromatic nitrogens is 3. The van der Waals surface area contributed by atoms with Crippen molar-refractivity contribution in [3.63, 3.8) is 0 Å². The SMILES string of the molecule is Cc1n[nH]c2cc3[nH]c(=O)c(C4CCCNC4)cc3cc12. The van der Waals surface area contributed by atoms with Crippen LogP contribution >= 0.6 is 0 Å². The second-order valence-corrected chi connectivity index (χ2v) is 5.89. The van der Waals surface area contributed by atoms with Crippen LogP contribution < -0.4 is 10.9 Å². The molecule has 0 spiro atoms. The van der Waals surface area contributed by atoms with Crippen LogP contribution in [0.25, 0.3) is 21.8 Å². The van der Waals surface area contributed by atoms with E-state index in [-0.39, 0.29) is 5.56 Å². The molecular formula is C16H18N4O.